The number of cyclic esters (lactones) is 1. The zero-order valence-electron chi connectivity index (χ0n) is 9.79. The molecule has 0 saturated carbocycles. The van der Waals surface area contributed by atoms with E-state index in [4.69, 9.17) is 5.26 Å². The zero-order chi connectivity index (χ0) is 13.7. The highest BCUT2D eigenvalue weighted by molar-refractivity contribution is 5.89. The van der Waals surface area contributed by atoms with Crippen LogP contribution in [0.5, 0.6) is 0 Å². The second-order valence-corrected chi connectivity index (χ2v) is 3.77. The molecular weight excluding hydrogens is 248 g/mol. The normalized spacial score (nSPS) is 17.6. The first-order valence-electron chi connectivity index (χ1n) is 5.45. The van der Waals surface area contributed by atoms with E-state index in [2.05, 4.69) is 20.6 Å². The number of nitrogens with one attached hydrogen (secondary N) is 2. The molecular formula is C12H10N4O3. The molecule has 1 fully saturated rings. The van der Waals surface area contributed by atoms with Crippen LogP contribution in [0, 0.1) is 11.3 Å². The van der Waals surface area contributed by atoms with Crippen molar-refractivity contribution in [2.75, 3.05) is 6.61 Å². The Morgan fingerprint density at radius 3 is 3.16 bits per heavy atom. The van der Waals surface area contributed by atoms with Gasteiger partial charge in [0.25, 0.3) is 5.91 Å². The summed E-state index contributed by atoms with van der Waals surface area (Å²) in [6.45, 7) is -0.00982. The fourth-order valence-electron chi connectivity index (χ4n) is 1.46. The Labute approximate surface area is 108 Å². The van der Waals surface area contributed by atoms with Crippen LogP contribution in [0.3, 0.4) is 0 Å². The molecule has 0 radical (unpaired) electrons. The van der Waals surface area contributed by atoms with Crippen LogP contribution in [-0.2, 0) is 9.53 Å². The van der Waals surface area contributed by atoms with Crippen LogP contribution >= 0.6 is 0 Å². The molecule has 96 valence electrons. The van der Waals surface area contributed by atoms with E-state index in [0.717, 1.165) is 0 Å². The minimum Gasteiger partial charge on any atom is -0.447 e. The van der Waals surface area contributed by atoms with Crippen LogP contribution in [0.2, 0.25) is 0 Å². The number of benzene rings is 1. The lowest BCUT2D eigenvalue weighted by molar-refractivity contribution is -0.122. The molecule has 1 unspecified atom stereocenters. The van der Waals surface area contributed by atoms with Gasteiger partial charge in [-0.2, -0.15) is 10.4 Å². The molecule has 2 N–H and O–H groups in total. The van der Waals surface area contributed by atoms with Crippen molar-refractivity contribution < 1.29 is 14.3 Å². The highest BCUT2D eigenvalue weighted by atomic mass is 16.6. The van der Waals surface area contributed by atoms with Crippen LogP contribution in [0.1, 0.15) is 11.1 Å². The van der Waals surface area contributed by atoms with E-state index in [0.29, 0.717) is 11.1 Å². The van der Waals surface area contributed by atoms with Gasteiger partial charge in [-0.25, -0.2) is 10.2 Å². The Balaban J connectivity index is 1.91. The third kappa shape index (κ3) is 3.29. The van der Waals surface area contributed by atoms with Gasteiger partial charge in [-0.1, -0.05) is 12.1 Å². The molecule has 1 aliphatic heterocycles. The summed E-state index contributed by atoms with van der Waals surface area (Å²) in [5.74, 6) is -0.460. The van der Waals surface area contributed by atoms with Gasteiger partial charge in [0.15, 0.2) is 0 Å². The van der Waals surface area contributed by atoms with Crippen molar-refractivity contribution in [3.05, 3.63) is 35.4 Å². The summed E-state index contributed by atoms with van der Waals surface area (Å²) < 4.78 is 4.58. The molecule has 1 aromatic carbocycles. The summed E-state index contributed by atoms with van der Waals surface area (Å²) in [6, 6.07) is 8.04. The molecule has 2 amide bonds. The Hall–Kier alpha value is -2.88. The van der Waals surface area contributed by atoms with Gasteiger partial charge in [0, 0.05) is 0 Å². The number of ether oxygens (including phenoxy) is 1. The number of amides is 2. The molecule has 19 heavy (non-hydrogen) atoms. The van der Waals surface area contributed by atoms with Crippen LogP contribution in [0.25, 0.3) is 0 Å². The molecule has 1 saturated heterocycles. The third-order valence-electron chi connectivity index (χ3n) is 2.39. The van der Waals surface area contributed by atoms with E-state index < -0.39 is 18.0 Å². The summed E-state index contributed by atoms with van der Waals surface area (Å²) in [7, 11) is 0. The molecule has 7 nitrogen and oxygen atoms in total. The SMILES string of the molecule is N#Cc1cccc(/C=N/NC(=O)C2COC(=O)N2)c1. The summed E-state index contributed by atoms with van der Waals surface area (Å²) in [4.78, 5) is 22.3. The average Bonchev–Trinajstić information content (AvgIpc) is 2.86. The Morgan fingerprint density at radius 1 is 1.63 bits per heavy atom. The molecule has 1 atom stereocenters. The second-order valence-electron chi connectivity index (χ2n) is 3.77. The number of alkyl carbamates (subject to hydrolysis) is 1. The van der Waals surface area contributed by atoms with E-state index in [9.17, 15) is 9.59 Å². The summed E-state index contributed by atoms with van der Waals surface area (Å²) in [5.41, 5.74) is 3.48. The maximum absolute atomic E-state index is 11.5. The van der Waals surface area contributed by atoms with Gasteiger partial charge in [0.1, 0.15) is 12.6 Å². The van der Waals surface area contributed by atoms with Gasteiger partial charge in [-0.05, 0) is 17.7 Å². The van der Waals surface area contributed by atoms with E-state index in [1.165, 1.54) is 6.21 Å². The molecule has 2 rings (SSSR count). The first-order chi connectivity index (χ1) is 9.19. The standard InChI is InChI=1S/C12H10N4O3/c13-5-8-2-1-3-9(4-8)6-14-16-11(17)10-7-19-12(18)15-10/h1-4,6,10H,7H2,(H,15,18)(H,16,17)/b14-6+. The van der Waals surface area contributed by atoms with E-state index >= 15 is 0 Å². The Bertz CT molecular complexity index is 577. The predicted molar refractivity (Wildman–Crippen MR) is 65.2 cm³/mol. The molecule has 0 bridgehead atoms. The van der Waals surface area contributed by atoms with E-state index in [1.54, 1.807) is 24.3 Å². The van der Waals surface area contributed by atoms with Gasteiger partial charge in [0.05, 0.1) is 17.8 Å². The molecule has 1 aliphatic rings. The van der Waals surface area contributed by atoms with Crippen LogP contribution in [-0.4, -0.2) is 30.9 Å². The average molecular weight is 258 g/mol. The Morgan fingerprint density at radius 2 is 2.47 bits per heavy atom. The number of carbonyl (C=O) groups is 2. The topological polar surface area (TPSA) is 104 Å². The lowest BCUT2D eigenvalue weighted by Crippen LogP contribution is -2.40. The number of hydrazone groups is 1. The van der Waals surface area contributed by atoms with Crippen LogP contribution in [0.4, 0.5) is 4.79 Å². The summed E-state index contributed by atoms with van der Waals surface area (Å²) in [5, 5.41) is 14.8. The maximum Gasteiger partial charge on any atom is 0.407 e. The summed E-state index contributed by atoms with van der Waals surface area (Å²) in [6.07, 6.45) is 0.793. The van der Waals surface area contributed by atoms with E-state index in [-0.39, 0.29) is 6.61 Å². The first kappa shape index (κ1) is 12.6. The van der Waals surface area contributed by atoms with Crippen molar-refractivity contribution in [2.45, 2.75) is 6.04 Å². The van der Waals surface area contributed by atoms with Gasteiger partial charge >= 0.3 is 6.09 Å². The molecule has 0 spiro atoms. The van der Waals surface area contributed by atoms with Crippen molar-refractivity contribution in [3.8, 4) is 6.07 Å². The fraction of sp³-hybridized carbons (Fsp3) is 0.167. The van der Waals surface area contributed by atoms with E-state index in [1.807, 2.05) is 6.07 Å². The lowest BCUT2D eigenvalue weighted by Gasteiger charge is -2.03. The van der Waals surface area contributed by atoms with Crippen molar-refractivity contribution >= 4 is 18.2 Å². The highest BCUT2D eigenvalue weighted by Crippen LogP contribution is 2.01. The minimum atomic E-state index is -0.727. The Kier molecular flexibility index (Phi) is 3.73. The van der Waals surface area contributed by atoms with Crippen molar-refractivity contribution in [2.24, 2.45) is 5.10 Å². The molecule has 0 aliphatic carbocycles. The molecule has 1 heterocycles. The van der Waals surface area contributed by atoms with Crippen molar-refractivity contribution in [1.82, 2.24) is 10.7 Å². The fourth-order valence-corrected chi connectivity index (χ4v) is 1.46. The molecule has 7 heteroatoms. The number of nitriles is 1. The van der Waals surface area contributed by atoms with Crippen LogP contribution in [0.15, 0.2) is 29.4 Å². The summed E-state index contributed by atoms with van der Waals surface area (Å²) >= 11 is 0. The van der Waals surface area contributed by atoms with Crippen LogP contribution < -0.4 is 10.7 Å². The largest absolute Gasteiger partial charge is 0.447 e. The lowest BCUT2D eigenvalue weighted by atomic mass is 10.1. The maximum atomic E-state index is 11.5. The first-order valence-corrected chi connectivity index (χ1v) is 5.45. The van der Waals surface area contributed by atoms with Gasteiger partial charge < -0.3 is 10.1 Å². The number of nitrogens with zero attached hydrogens (tertiary/aromatic N) is 2. The quantitative estimate of drug-likeness (QED) is 0.593. The third-order valence-corrected chi connectivity index (χ3v) is 2.39. The molecule has 1 aromatic rings. The second kappa shape index (κ2) is 5.64. The number of hydrogen-bond acceptors (Lipinski definition) is 5. The highest BCUT2D eigenvalue weighted by Gasteiger charge is 2.28. The zero-order valence-corrected chi connectivity index (χ0v) is 9.79. The monoisotopic (exact) mass is 258 g/mol. The van der Waals surface area contributed by atoms with Gasteiger partial charge in [-0.3, -0.25) is 4.79 Å². The van der Waals surface area contributed by atoms with Crippen molar-refractivity contribution in [1.29, 1.82) is 5.26 Å². The van der Waals surface area contributed by atoms with Gasteiger partial charge in [-0.15, -0.1) is 0 Å². The molecule has 0 aromatic heterocycles. The number of rotatable bonds is 3. The predicted octanol–water partition coefficient (Wildman–Crippen LogP) is 0.117. The number of hydrogen-bond donors (Lipinski definition) is 2. The van der Waals surface area contributed by atoms with Crippen molar-refractivity contribution in [3.63, 3.8) is 0 Å². The van der Waals surface area contributed by atoms with Gasteiger partial charge in [0.2, 0.25) is 0 Å². The smallest absolute Gasteiger partial charge is 0.407 e. The number of carbonyl (C=O) groups excluding carboxylic acids is 2. The minimum absolute atomic E-state index is 0.00982.